The van der Waals surface area contributed by atoms with Gasteiger partial charge < -0.3 is 4.74 Å². The van der Waals surface area contributed by atoms with Gasteiger partial charge in [0.05, 0.1) is 25.2 Å². The van der Waals surface area contributed by atoms with E-state index >= 15 is 0 Å². The van der Waals surface area contributed by atoms with E-state index in [9.17, 15) is 8.42 Å². The van der Waals surface area contributed by atoms with Crippen molar-refractivity contribution in [1.82, 2.24) is 19.0 Å². The number of nitrogens with zero attached hydrogens (tertiary/aromatic N) is 4. The van der Waals surface area contributed by atoms with Gasteiger partial charge in [0.2, 0.25) is 10.0 Å². The monoisotopic (exact) mass is 542 g/mol. The zero-order valence-electron chi connectivity index (χ0n) is 21.4. The van der Waals surface area contributed by atoms with Gasteiger partial charge in [-0.2, -0.15) is 9.40 Å². The lowest BCUT2D eigenvalue weighted by molar-refractivity contribution is 0.0368. The third-order valence-corrected chi connectivity index (χ3v) is 8.98. The van der Waals surface area contributed by atoms with Crippen molar-refractivity contribution in [2.45, 2.75) is 38.8 Å². The van der Waals surface area contributed by atoms with Gasteiger partial charge in [0.25, 0.3) is 0 Å². The summed E-state index contributed by atoms with van der Waals surface area (Å²) in [5, 5.41) is 5.81. The van der Waals surface area contributed by atoms with E-state index in [-0.39, 0.29) is 0 Å². The van der Waals surface area contributed by atoms with Gasteiger partial charge in [-0.25, -0.2) is 8.42 Å². The summed E-state index contributed by atoms with van der Waals surface area (Å²) in [5.41, 5.74) is 6.37. The molecule has 2 aliphatic rings. The number of hydrogen-bond donors (Lipinski definition) is 0. The average molecular weight is 543 g/mol. The molecule has 0 unspecified atom stereocenters. The Hall–Kier alpha value is -2.23. The Kier molecular flexibility index (Phi) is 8.31. The van der Waals surface area contributed by atoms with Crippen molar-refractivity contribution in [3.05, 3.63) is 75.9 Å². The summed E-state index contributed by atoms with van der Waals surface area (Å²) >= 11 is 6.60. The van der Waals surface area contributed by atoms with Crippen LogP contribution in [0.5, 0.6) is 0 Å². The summed E-state index contributed by atoms with van der Waals surface area (Å²) in [7, 11) is -3.29. The molecule has 3 aromatic rings. The van der Waals surface area contributed by atoms with Crippen LogP contribution in [-0.2, 0) is 47.1 Å². The highest BCUT2D eigenvalue weighted by Crippen LogP contribution is 2.33. The number of ether oxygens (including phenoxy) is 1. The highest BCUT2D eigenvalue weighted by atomic mass is 35.5. The molecule has 9 heteroatoms. The zero-order chi connectivity index (χ0) is 25.8. The maximum Gasteiger partial charge on any atom is 0.211 e. The molecule has 0 aliphatic carbocycles. The molecule has 1 saturated heterocycles. The fraction of sp³-hybridized carbons (Fsp3) is 0.464. The molecule has 37 heavy (non-hydrogen) atoms. The Labute approximate surface area is 225 Å². The Morgan fingerprint density at radius 2 is 1.78 bits per heavy atom. The second kappa shape index (κ2) is 11.7. The van der Waals surface area contributed by atoms with Crippen LogP contribution in [0.1, 0.15) is 28.8 Å². The number of rotatable bonds is 9. The van der Waals surface area contributed by atoms with Crippen molar-refractivity contribution >= 4 is 21.6 Å². The number of aryl methyl sites for hydroxylation is 3. The lowest BCUT2D eigenvalue weighted by Crippen LogP contribution is -2.37. The maximum absolute atomic E-state index is 12.4. The quantitative estimate of drug-likeness (QED) is 0.408. The highest BCUT2D eigenvalue weighted by Gasteiger charge is 2.30. The summed E-state index contributed by atoms with van der Waals surface area (Å²) in [6.45, 7) is 6.21. The van der Waals surface area contributed by atoms with Gasteiger partial charge in [-0.1, -0.05) is 48.0 Å². The number of aromatic nitrogens is 2. The summed E-state index contributed by atoms with van der Waals surface area (Å²) in [5.74, 6) is 0. The molecule has 0 radical (unpaired) electrons. The molecule has 0 bridgehead atoms. The maximum atomic E-state index is 12.4. The van der Waals surface area contributed by atoms with Gasteiger partial charge in [0.1, 0.15) is 0 Å². The molecule has 198 valence electrons. The molecule has 0 saturated carbocycles. The number of fused-ring (bicyclic) bond motifs is 1. The van der Waals surface area contributed by atoms with Crippen LogP contribution in [0.15, 0.2) is 48.5 Å². The first kappa shape index (κ1) is 26.4. The van der Waals surface area contributed by atoms with Crippen LogP contribution in [-0.4, -0.2) is 73.1 Å². The fourth-order valence-electron chi connectivity index (χ4n) is 5.27. The average Bonchev–Trinajstić information content (AvgIpc) is 3.27. The van der Waals surface area contributed by atoms with Crippen molar-refractivity contribution in [2.75, 3.05) is 45.6 Å². The molecule has 1 fully saturated rings. The fourth-order valence-corrected chi connectivity index (χ4v) is 6.27. The first-order valence-electron chi connectivity index (χ1n) is 13.0. The Morgan fingerprint density at radius 1 is 1.00 bits per heavy atom. The molecule has 0 spiro atoms. The number of hydrogen-bond acceptors (Lipinski definition) is 5. The minimum absolute atomic E-state index is 0.356. The van der Waals surface area contributed by atoms with Gasteiger partial charge in [0, 0.05) is 67.5 Å². The summed E-state index contributed by atoms with van der Waals surface area (Å²) in [4.78, 5) is 2.43. The lowest BCUT2D eigenvalue weighted by Gasteiger charge is -2.27. The van der Waals surface area contributed by atoms with Gasteiger partial charge in [-0.05, 0) is 42.5 Å². The molecule has 1 aromatic heterocycles. The van der Waals surface area contributed by atoms with Gasteiger partial charge in [-0.15, -0.1) is 0 Å². The van der Waals surface area contributed by atoms with Gasteiger partial charge in [-0.3, -0.25) is 9.58 Å². The number of benzene rings is 2. The topological polar surface area (TPSA) is 67.7 Å². The molecule has 2 aromatic carbocycles. The van der Waals surface area contributed by atoms with Crippen LogP contribution in [0.4, 0.5) is 0 Å². The third-order valence-electron chi connectivity index (χ3n) is 7.36. The molecule has 0 N–H and O–H groups in total. The first-order valence-corrected chi connectivity index (χ1v) is 15.3. The lowest BCUT2D eigenvalue weighted by atomic mass is 9.98. The predicted molar refractivity (Wildman–Crippen MR) is 147 cm³/mol. The van der Waals surface area contributed by atoms with Crippen molar-refractivity contribution in [1.29, 1.82) is 0 Å². The largest absolute Gasteiger partial charge is 0.379 e. The second-order valence-corrected chi connectivity index (χ2v) is 12.3. The predicted octanol–water partition coefficient (Wildman–Crippen LogP) is 4.03. The SMILES string of the molecule is CS(=O)(=O)N1CCc2c(c(-c3ccc(Cl)c(CCc4ccccc4)c3)nn2CCCN2CCOCC2)C1. The molecule has 2 aliphatic heterocycles. The van der Waals surface area contributed by atoms with Crippen molar-refractivity contribution < 1.29 is 13.2 Å². The number of sulfonamides is 1. The molecular formula is C28H35ClN4O3S. The van der Waals surface area contributed by atoms with Crippen LogP contribution in [0.3, 0.4) is 0 Å². The van der Waals surface area contributed by atoms with Crippen molar-refractivity contribution in [2.24, 2.45) is 0 Å². The summed E-state index contributed by atoms with van der Waals surface area (Å²) in [6.07, 6.45) is 4.68. The molecule has 0 atom stereocenters. The van der Waals surface area contributed by atoms with E-state index < -0.39 is 10.0 Å². The van der Waals surface area contributed by atoms with Crippen LogP contribution >= 0.6 is 11.6 Å². The van der Waals surface area contributed by atoms with E-state index in [0.717, 1.165) is 91.8 Å². The summed E-state index contributed by atoms with van der Waals surface area (Å²) in [6, 6.07) is 16.5. The highest BCUT2D eigenvalue weighted by molar-refractivity contribution is 7.88. The second-order valence-electron chi connectivity index (χ2n) is 9.94. The minimum Gasteiger partial charge on any atom is -0.379 e. The van der Waals surface area contributed by atoms with E-state index in [0.29, 0.717) is 19.5 Å². The molecule has 7 nitrogen and oxygen atoms in total. The zero-order valence-corrected chi connectivity index (χ0v) is 23.0. The van der Waals surface area contributed by atoms with Gasteiger partial charge >= 0.3 is 0 Å². The number of halogens is 1. The number of morpholine rings is 1. The van der Waals surface area contributed by atoms with E-state index in [1.807, 2.05) is 18.2 Å². The van der Waals surface area contributed by atoms with Crippen LogP contribution < -0.4 is 0 Å². The van der Waals surface area contributed by atoms with E-state index in [1.54, 1.807) is 4.31 Å². The smallest absolute Gasteiger partial charge is 0.211 e. The van der Waals surface area contributed by atoms with Crippen LogP contribution in [0, 0.1) is 0 Å². The molecular weight excluding hydrogens is 508 g/mol. The Morgan fingerprint density at radius 3 is 2.54 bits per heavy atom. The van der Waals surface area contributed by atoms with E-state index in [4.69, 9.17) is 21.4 Å². The first-order chi connectivity index (χ1) is 17.9. The molecule has 3 heterocycles. The van der Waals surface area contributed by atoms with Crippen molar-refractivity contribution in [3.8, 4) is 11.3 Å². The van der Waals surface area contributed by atoms with Crippen LogP contribution in [0.25, 0.3) is 11.3 Å². The van der Waals surface area contributed by atoms with Crippen molar-refractivity contribution in [3.63, 3.8) is 0 Å². The van der Waals surface area contributed by atoms with Crippen LogP contribution in [0.2, 0.25) is 5.02 Å². The Bertz CT molecular complexity index is 1320. The van der Waals surface area contributed by atoms with E-state index in [2.05, 4.69) is 39.9 Å². The normalized spacial score (nSPS) is 17.1. The molecule has 5 rings (SSSR count). The Balaban J connectivity index is 1.41. The third kappa shape index (κ3) is 6.44. The standard InChI is InChI=1S/C28H35ClN4O3S/c1-37(34,35)32-15-12-27-25(21-32)28(30-33(27)14-5-13-31-16-18-36-19-17-31)24-10-11-26(29)23(20-24)9-8-22-6-3-2-4-7-22/h2-4,6-7,10-11,20H,5,8-9,12-19,21H2,1H3. The van der Waals surface area contributed by atoms with E-state index in [1.165, 1.54) is 11.8 Å². The van der Waals surface area contributed by atoms with Gasteiger partial charge in [0.15, 0.2) is 0 Å². The minimum atomic E-state index is -3.29. The molecule has 0 amide bonds. The summed E-state index contributed by atoms with van der Waals surface area (Å²) < 4.78 is 33.9.